The zero-order chi connectivity index (χ0) is 16.4. The van der Waals surface area contributed by atoms with Gasteiger partial charge in [-0.2, -0.15) is 0 Å². The summed E-state index contributed by atoms with van der Waals surface area (Å²) in [4.78, 5) is 37.5. The summed E-state index contributed by atoms with van der Waals surface area (Å²) in [6, 6.07) is 0. The van der Waals surface area contributed by atoms with Gasteiger partial charge in [0.15, 0.2) is 5.78 Å². The molecule has 0 saturated heterocycles. The Labute approximate surface area is 131 Å². The Kier molecular flexibility index (Phi) is 8.01. The molecule has 8 heteroatoms. The van der Waals surface area contributed by atoms with Crippen LogP contribution in [0.1, 0.15) is 31.4 Å². The minimum atomic E-state index is -0.893. The smallest absolute Gasteiger partial charge is 0.306 e. The fraction of sp³-hybridized carbons (Fsp3) is 0.429. The molecule has 1 aromatic heterocycles. The third kappa shape index (κ3) is 7.09. The first-order valence-corrected chi connectivity index (χ1v) is 7.69. The van der Waals surface area contributed by atoms with E-state index in [-0.39, 0.29) is 18.6 Å². The highest BCUT2D eigenvalue weighted by Crippen LogP contribution is 2.16. The molecule has 0 aliphatic rings. The fourth-order valence-corrected chi connectivity index (χ4v) is 2.42. The molecule has 0 aliphatic heterocycles. The number of nitrogens with zero attached hydrogens (tertiary/aromatic N) is 1. The van der Waals surface area contributed by atoms with Crippen LogP contribution in [-0.4, -0.2) is 33.0 Å². The van der Waals surface area contributed by atoms with Gasteiger partial charge in [-0.15, -0.1) is 11.3 Å². The molecule has 0 saturated carbocycles. The van der Waals surface area contributed by atoms with Gasteiger partial charge in [0.25, 0.3) is 0 Å². The largest absolute Gasteiger partial charge is 0.481 e. The number of nitrogens with one attached hydrogen (secondary N) is 1. The van der Waals surface area contributed by atoms with E-state index in [1.165, 1.54) is 29.0 Å². The number of carbonyl (C=O) groups is 3. The van der Waals surface area contributed by atoms with Gasteiger partial charge in [0, 0.05) is 24.6 Å². The van der Waals surface area contributed by atoms with Crippen LogP contribution in [0.15, 0.2) is 23.0 Å². The molecule has 3 N–H and O–H groups in total. The number of hydrogen-bond donors (Lipinski definition) is 3. The average Bonchev–Trinajstić information content (AvgIpc) is 2.98. The quantitative estimate of drug-likeness (QED) is 0.341. The van der Waals surface area contributed by atoms with E-state index in [0.717, 1.165) is 5.69 Å². The van der Waals surface area contributed by atoms with Crippen molar-refractivity contribution in [2.75, 3.05) is 0 Å². The number of ketones is 1. The lowest BCUT2D eigenvalue weighted by Gasteiger charge is -2.09. The average molecular weight is 326 g/mol. The van der Waals surface area contributed by atoms with E-state index in [9.17, 15) is 19.5 Å². The fourth-order valence-electron chi connectivity index (χ4n) is 1.85. The van der Waals surface area contributed by atoms with Crippen molar-refractivity contribution in [3.05, 3.63) is 28.7 Å². The van der Waals surface area contributed by atoms with Crippen molar-refractivity contribution >= 4 is 29.0 Å². The summed E-state index contributed by atoms with van der Waals surface area (Å²) in [5, 5.41) is 19.3. The molecule has 1 aromatic rings. The topological polar surface area (TPSA) is 117 Å². The zero-order valence-corrected chi connectivity index (χ0v) is 12.7. The zero-order valence-electron chi connectivity index (χ0n) is 11.9. The molecule has 1 unspecified atom stereocenters. The van der Waals surface area contributed by atoms with Gasteiger partial charge < -0.3 is 5.11 Å². The molecule has 1 rings (SSSR count). The van der Waals surface area contributed by atoms with Crippen molar-refractivity contribution in [3.63, 3.8) is 0 Å². The van der Waals surface area contributed by atoms with Crippen LogP contribution in [0.5, 0.6) is 0 Å². The van der Waals surface area contributed by atoms with Crippen LogP contribution in [0.2, 0.25) is 0 Å². The second-order valence-corrected chi connectivity index (χ2v) is 5.44. The monoisotopic (exact) mass is 326 g/mol. The van der Waals surface area contributed by atoms with Crippen LogP contribution in [0, 0.1) is 5.92 Å². The standard InChI is InChI=1S/C14H18N2O5S/c17-12(5-2-6-13(18)16-21)4-1-3-10(14(19)20)7-11-8-22-9-15-11/h2,5,8-10,21H,1,3-4,6-7H2,(H,16,18)(H,19,20)/b5-2+. The first-order valence-electron chi connectivity index (χ1n) is 6.75. The Bertz CT molecular complexity index is 527. The summed E-state index contributed by atoms with van der Waals surface area (Å²) >= 11 is 1.42. The number of carbonyl (C=O) groups excluding carboxylic acids is 2. The van der Waals surface area contributed by atoms with Gasteiger partial charge in [-0.3, -0.25) is 19.6 Å². The molecule has 1 amide bonds. The third-order valence-electron chi connectivity index (χ3n) is 3.00. The Morgan fingerprint density at radius 1 is 1.41 bits per heavy atom. The van der Waals surface area contributed by atoms with Crippen molar-refractivity contribution in [2.24, 2.45) is 5.92 Å². The van der Waals surface area contributed by atoms with Crippen molar-refractivity contribution in [1.29, 1.82) is 0 Å². The highest BCUT2D eigenvalue weighted by molar-refractivity contribution is 7.07. The van der Waals surface area contributed by atoms with E-state index in [1.54, 1.807) is 5.51 Å². The van der Waals surface area contributed by atoms with Gasteiger partial charge in [0.1, 0.15) is 0 Å². The third-order valence-corrected chi connectivity index (χ3v) is 3.63. The highest BCUT2D eigenvalue weighted by Gasteiger charge is 2.18. The van der Waals surface area contributed by atoms with Crippen molar-refractivity contribution in [2.45, 2.75) is 32.1 Å². The molecule has 0 radical (unpaired) electrons. The molecule has 0 aliphatic carbocycles. The Balaban J connectivity index is 2.32. The Hall–Kier alpha value is -2.06. The van der Waals surface area contributed by atoms with Gasteiger partial charge in [-0.05, 0) is 18.9 Å². The molecule has 1 heterocycles. The Morgan fingerprint density at radius 2 is 2.18 bits per heavy atom. The number of amides is 1. The SMILES string of the molecule is O=C(/C=C/CC(=O)NO)CCCC(Cc1cscn1)C(=O)O. The molecule has 0 spiro atoms. The van der Waals surface area contributed by atoms with Crippen LogP contribution >= 0.6 is 11.3 Å². The number of rotatable bonds is 10. The van der Waals surface area contributed by atoms with Crippen molar-refractivity contribution in [3.8, 4) is 0 Å². The maximum Gasteiger partial charge on any atom is 0.306 e. The maximum atomic E-state index is 11.5. The lowest BCUT2D eigenvalue weighted by Crippen LogP contribution is -2.17. The van der Waals surface area contributed by atoms with E-state index in [0.29, 0.717) is 19.3 Å². The number of carboxylic acid groups (broad SMARTS) is 1. The summed E-state index contributed by atoms with van der Waals surface area (Å²) in [6.45, 7) is 0. The molecule has 0 fully saturated rings. The van der Waals surface area contributed by atoms with E-state index in [4.69, 9.17) is 5.21 Å². The van der Waals surface area contributed by atoms with Gasteiger partial charge in [-0.1, -0.05) is 6.08 Å². The minimum Gasteiger partial charge on any atom is -0.481 e. The molecule has 120 valence electrons. The van der Waals surface area contributed by atoms with Crippen molar-refractivity contribution in [1.82, 2.24) is 10.5 Å². The lowest BCUT2D eigenvalue weighted by atomic mass is 9.96. The van der Waals surface area contributed by atoms with Crippen LogP contribution < -0.4 is 5.48 Å². The summed E-state index contributed by atoms with van der Waals surface area (Å²) in [5.74, 6) is -2.23. The van der Waals surface area contributed by atoms with Gasteiger partial charge >= 0.3 is 5.97 Å². The summed E-state index contributed by atoms with van der Waals surface area (Å²) in [6.07, 6.45) is 3.98. The predicted octanol–water partition coefficient (Wildman–Crippen LogP) is 1.58. The van der Waals surface area contributed by atoms with Crippen LogP contribution in [-0.2, 0) is 20.8 Å². The second-order valence-electron chi connectivity index (χ2n) is 4.72. The molecular weight excluding hydrogens is 308 g/mol. The van der Waals surface area contributed by atoms with E-state index in [1.807, 2.05) is 5.38 Å². The summed E-state index contributed by atoms with van der Waals surface area (Å²) in [5.41, 5.74) is 3.86. The molecule has 1 atom stereocenters. The van der Waals surface area contributed by atoms with E-state index in [2.05, 4.69) is 4.98 Å². The number of allylic oxidation sites excluding steroid dienone is 1. The number of thiazole rings is 1. The predicted molar refractivity (Wildman–Crippen MR) is 79.5 cm³/mol. The number of aromatic nitrogens is 1. The lowest BCUT2D eigenvalue weighted by molar-refractivity contribution is -0.142. The summed E-state index contributed by atoms with van der Waals surface area (Å²) < 4.78 is 0. The maximum absolute atomic E-state index is 11.5. The highest BCUT2D eigenvalue weighted by atomic mass is 32.1. The van der Waals surface area contributed by atoms with Crippen molar-refractivity contribution < 1.29 is 24.7 Å². The first-order chi connectivity index (χ1) is 10.5. The van der Waals surface area contributed by atoms with Crippen LogP contribution in [0.25, 0.3) is 0 Å². The summed E-state index contributed by atoms with van der Waals surface area (Å²) in [7, 11) is 0. The Morgan fingerprint density at radius 3 is 2.77 bits per heavy atom. The molecule has 0 bridgehead atoms. The van der Waals surface area contributed by atoms with Crippen LogP contribution in [0.3, 0.4) is 0 Å². The first kappa shape index (κ1) is 18.0. The molecule has 7 nitrogen and oxygen atoms in total. The number of hydrogen-bond acceptors (Lipinski definition) is 6. The van der Waals surface area contributed by atoms with Gasteiger partial charge in [-0.25, -0.2) is 10.5 Å². The van der Waals surface area contributed by atoms with E-state index < -0.39 is 17.8 Å². The molecular formula is C14H18N2O5S. The van der Waals surface area contributed by atoms with Gasteiger partial charge in [0.05, 0.1) is 17.1 Å². The number of aliphatic carboxylic acids is 1. The normalized spacial score (nSPS) is 12.2. The van der Waals surface area contributed by atoms with Crippen LogP contribution in [0.4, 0.5) is 0 Å². The minimum absolute atomic E-state index is 0.0795. The molecule has 0 aromatic carbocycles. The van der Waals surface area contributed by atoms with Gasteiger partial charge in [0.2, 0.25) is 5.91 Å². The molecule has 22 heavy (non-hydrogen) atoms. The second kappa shape index (κ2) is 9.80. The number of carboxylic acids is 1. The van der Waals surface area contributed by atoms with E-state index >= 15 is 0 Å². The number of hydroxylamine groups is 1.